The molecular weight excluding hydrogens is 402 g/mol. The Bertz CT molecular complexity index is 1170. The Hall–Kier alpha value is -3.78. The number of hydrogen-bond donors (Lipinski definition) is 2. The quantitative estimate of drug-likeness (QED) is 0.632. The molecule has 0 aliphatic carbocycles. The van der Waals surface area contributed by atoms with Crippen molar-refractivity contribution in [3.8, 4) is 0 Å². The van der Waals surface area contributed by atoms with Crippen LogP contribution in [0.25, 0.3) is 0 Å². The molecule has 7 nitrogen and oxygen atoms in total. The van der Waals surface area contributed by atoms with Gasteiger partial charge in [0, 0.05) is 10.4 Å². The predicted molar refractivity (Wildman–Crippen MR) is 113 cm³/mol. The van der Waals surface area contributed by atoms with E-state index in [2.05, 4.69) is 10.7 Å². The number of aryl methyl sites for hydroxylation is 1. The van der Waals surface area contributed by atoms with E-state index in [1.807, 2.05) is 6.92 Å². The molecule has 1 aromatic heterocycles. The lowest BCUT2D eigenvalue weighted by molar-refractivity contribution is 0.0518. The van der Waals surface area contributed by atoms with Gasteiger partial charge in [-0.25, -0.2) is 0 Å². The molecule has 8 heteroatoms. The molecule has 3 aromatic rings. The number of benzene rings is 2. The van der Waals surface area contributed by atoms with Crippen molar-refractivity contribution in [2.45, 2.75) is 13.8 Å². The maximum atomic E-state index is 13.0. The Morgan fingerprint density at radius 1 is 0.833 bits per heavy atom. The van der Waals surface area contributed by atoms with Crippen LogP contribution in [0.3, 0.4) is 0 Å². The Labute approximate surface area is 176 Å². The molecule has 2 N–H and O–H groups in total. The van der Waals surface area contributed by atoms with Crippen molar-refractivity contribution in [2.24, 2.45) is 0 Å². The fourth-order valence-corrected chi connectivity index (χ4v) is 4.25. The zero-order valence-electron chi connectivity index (χ0n) is 16.2. The zero-order chi connectivity index (χ0) is 21.4. The van der Waals surface area contributed by atoms with Crippen molar-refractivity contribution in [3.63, 3.8) is 0 Å². The number of anilines is 1. The monoisotopic (exact) mass is 419 g/mol. The number of rotatable bonds is 4. The molecule has 0 fully saturated rings. The summed E-state index contributed by atoms with van der Waals surface area (Å²) < 4.78 is 0. The van der Waals surface area contributed by atoms with Gasteiger partial charge in [-0.3, -0.25) is 24.6 Å². The lowest BCUT2D eigenvalue weighted by Gasteiger charge is -2.16. The van der Waals surface area contributed by atoms with Crippen LogP contribution in [-0.4, -0.2) is 28.6 Å². The number of imide groups is 1. The van der Waals surface area contributed by atoms with Gasteiger partial charge >= 0.3 is 0 Å². The molecule has 0 saturated heterocycles. The molecule has 0 spiro atoms. The number of nitrogens with one attached hydrogen (secondary N) is 2. The van der Waals surface area contributed by atoms with Crippen LogP contribution in [0, 0.1) is 13.8 Å². The van der Waals surface area contributed by atoms with E-state index in [-0.39, 0.29) is 22.6 Å². The summed E-state index contributed by atoms with van der Waals surface area (Å²) in [4.78, 5) is 51.5. The van der Waals surface area contributed by atoms with Crippen LogP contribution in [0.1, 0.15) is 51.9 Å². The van der Waals surface area contributed by atoms with E-state index in [1.54, 1.807) is 49.4 Å². The van der Waals surface area contributed by atoms with Crippen LogP contribution in [-0.2, 0) is 0 Å². The molecule has 1 aliphatic rings. The highest BCUT2D eigenvalue weighted by atomic mass is 32.1. The fraction of sp³-hybridized carbons (Fsp3) is 0.0909. The van der Waals surface area contributed by atoms with Crippen LogP contribution >= 0.6 is 11.3 Å². The highest BCUT2D eigenvalue weighted by Crippen LogP contribution is 2.33. The van der Waals surface area contributed by atoms with E-state index in [9.17, 15) is 19.2 Å². The maximum Gasteiger partial charge on any atom is 0.280 e. The van der Waals surface area contributed by atoms with E-state index in [0.29, 0.717) is 21.1 Å². The number of amides is 4. The molecule has 2 aromatic carbocycles. The molecule has 0 saturated carbocycles. The third kappa shape index (κ3) is 3.27. The summed E-state index contributed by atoms with van der Waals surface area (Å²) in [5.41, 5.74) is 4.21. The van der Waals surface area contributed by atoms with Gasteiger partial charge in [0.15, 0.2) is 0 Å². The number of hydrogen-bond acceptors (Lipinski definition) is 5. The highest BCUT2D eigenvalue weighted by molar-refractivity contribution is 7.16. The molecule has 1 aliphatic heterocycles. The molecule has 0 atom stereocenters. The number of carbonyl (C=O) groups excluding carboxylic acids is 4. The second kappa shape index (κ2) is 7.57. The number of thiophene rings is 1. The van der Waals surface area contributed by atoms with Crippen LogP contribution in [0.5, 0.6) is 0 Å². The molecule has 4 rings (SSSR count). The van der Waals surface area contributed by atoms with Crippen LogP contribution in [0.15, 0.2) is 54.6 Å². The van der Waals surface area contributed by atoms with Gasteiger partial charge in [0.05, 0.1) is 16.7 Å². The lowest BCUT2D eigenvalue weighted by atomic mass is 10.1. The minimum absolute atomic E-state index is 0.221. The summed E-state index contributed by atoms with van der Waals surface area (Å²) in [6, 6.07) is 15.0. The van der Waals surface area contributed by atoms with Gasteiger partial charge < -0.3 is 5.32 Å². The molecule has 2 heterocycles. The first-order chi connectivity index (χ1) is 14.4. The fourth-order valence-electron chi connectivity index (χ4n) is 3.20. The summed E-state index contributed by atoms with van der Waals surface area (Å²) in [7, 11) is 0. The summed E-state index contributed by atoms with van der Waals surface area (Å²) >= 11 is 1.26. The van der Waals surface area contributed by atoms with E-state index in [1.165, 1.54) is 23.5 Å². The zero-order valence-corrected chi connectivity index (χ0v) is 17.0. The summed E-state index contributed by atoms with van der Waals surface area (Å²) in [6.45, 7) is 3.58. The lowest BCUT2D eigenvalue weighted by Crippen LogP contribution is -2.46. The normalized spacial score (nSPS) is 12.7. The Balaban J connectivity index is 1.60. The van der Waals surface area contributed by atoms with Gasteiger partial charge in [-0.2, -0.15) is 5.01 Å². The van der Waals surface area contributed by atoms with Crippen LogP contribution in [0.4, 0.5) is 5.00 Å². The van der Waals surface area contributed by atoms with Gasteiger partial charge in [-0.05, 0) is 43.7 Å². The molecule has 0 radical (unpaired) electrons. The van der Waals surface area contributed by atoms with Crippen molar-refractivity contribution in [1.29, 1.82) is 0 Å². The number of hydrazine groups is 1. The first-order valence-electron chi connectivity index (χ1n) is 9.13. The Morgan fingerprint density at radius 2 is 1.40 bits per heavy atom. The first kappa shape index (κ1) is 19.5. The first-order valence-corrected chi connectivity index (χ1v) is 9.95. The van der Waals surface area contributed by atoms with E-state index < -0.39 is 17.7 Å². The maximum absolute atomic E-state index is 13.0. The van der Waals surface area contributed by atoms with Gasteiger partial charge in [0.25, 0.3) is 23.6 Å². The topological polar surface area (TPSA) is 95.6 Å². The van der Waals surface area contributed by atoms with E-state index in [4.69, 9.17) is 0 Å². The van der Waals surface area contributed by atoms with E-state index in [0.717, 1.165) is 4.88 Å². The number of fused-ring (bicyclic) bond motifs is 1. The molecule has 30 heavy (non-hydrogen) atoms. The van der Waals surface area contributed by atoms with Crippen LogP contribution in [0.2, 0.25) is 0 Å². The molecular formula is C22H17N3O4S. The number of nitrogens with zero attached hydrogens (tertiary/aromatic N) is 1. The van der Waals surface area contributed by atoms with Gasteiger partial charge in [-0.1, -0.05) is 30.3 Å². The molecule has 0 bridgehead atoms. The van der Waals surface area contributed by atoms with Crippen LogP contribution < -0.4 is 10.7 Å². The van der Waals surface area contributed by atoms with Crippen molar-refractivity contribution < 1.29 is 19.2 Å². The minimum atomic E-state index is -0.644. The molecule has 4 amide bonds. The average molecular weight is 419 g/mol. The highest BCUT2D eigenvalue weighted by Gasteiger charge is 2.37. The van der Waals surface area contributed by atoms with Gasteiger partial charge in [-0.15, -0.1) is 11.3 Å². The third-order valence-corrected chi connectivity index (χ3v) is 6.01. The molecule has 150 valence electrons. The van der Waals surface area contributed by atoms with Crippen molar-refractivity contribution in [1.82, 2.24) is 10.4 Å². The van der Waals surface area contributed by atoms with Gasteiger partial charge in [0.2, 0.25) is 0 Å². The summed E-state index contributed by atoms with van der Waals surface area (Å²) in [5, 5.41) is 3.83. The number of carbonyl (C=O) groups is 4. The predicted octanol–water partition coefficient (Wildman–Crippen LogP) is 3.56. The second-order valence-electron chi connectivity index (χ2n) is 6.74. The minimum Gasteiger partial charge on any atom is -0.313 e. The average Bonchev–Trinajstić information content (AvgIpc) is 3.16. The smallest absolute Gasteiger partial charge is 0.280 e. The summed E-state index contributed by atoms with van der Waals surface area (Å²) in [6.07, 6.45) is 0. The third-order valence-electron chi connectivity index (χ3n) is 4.88. The largest absolute Gasteiger partial charge is 0.313 e. The standard InChI is InChI=1S/C22H17N3O4S/c1-12-13(2)30-20(23-18(26)14-8-4-3-5-9-14)17(12)19(27)24-25-21(28)15-10-6-7-11-16(15)22(25)29/h3-11H,1-2H3,(H,23,26)(H,24,27). The van der Waals surface area contributed by atoms with Crippen molar-refractivity contribution >= 4 is 40.0 Å². The van der Waals surface area contributed by atoms with Crippen molar-refractivity contribution in [3.05, 3.63) is 87.3 Å². The summed E-state index contributed by atoms with van der Waals surface area (Å²) in [5.74, 6) is -2.19. The second-order valence-corrected chi connectivity index (χ2v) is 7.96. The van der Waals surface area contributed by atoms with Gasteiger partial charge in [0.1, 0.15) is 5.00 Å². The SMILES string of the molecule is Cc1sc(NC(=O)c2ccccc2)c(C(=O)NN2C(=O)c3ccccc3C2=O)c1C. The Kier molecular flexibility index (Phi) is 4.93. The Morgan fingerprint density at radius 3 is 2.00 bits per heavy atom. The van der Waals surface area contributed by atoms with E-state index >= 15 is 0 Å². The van der Waals surface area contributed by atoms with Crippen molar-refractivity contribution in [2.75, 3.05) is 5.32 Å². The molecule has 0 unspecified atom stereocenters.